The van der Waals surface area contributed by atoms with Crippen molar-refractivity contribution in [2.75, 3.05) is 23.8 Å². The molecule has 3 rings (SSSR count). The maximum Gasteiger partial charge on any atom is 0.0768 e. The first-order valence-corrected chi connectivity index (χ1v) is 5.87. The van der Waals surface area contributed by atoms with Crippen LogP contribution in [0.2, 0.25) is 5.02 Å². The Kier molecular flexibility index (Phi) is 1.90. The molecule has 1 aromatic rings. The summed E-state index contributed by atoms with van der Waals surface area (Å²) in [5.41, 5.74) is 2.70. The van der Waals surface area contributed by atoms with Crippen molar-refractivity contribution in [3.63, 3.8) is 0 Å². The third kappa shape index (κ3) is 1.18. The minimum absolute atomic E-state index is 0.359. The summed E-state index contributed by atoms with van der Waals surface area (Å²) in [6.45, 7) is 1.03. The lowest BCUT2D eigenvalue weighted by atomic mass is 9.74. The molecule has 0 bridgehead atoms. The fraction of sp³-hybridized carbons (Fsp3) is 0.500. The van der Waals surface area contributed by atoms with E-state index in [9.17, 15) is 0 Å². The van der Waals surface area contributed by atoms with Crippen molar-refractivity contribution in [2.24, 2.45) is 0 Å². The molecule has 1 aliphatic heterocycles. The summed E-state index contributed by atoms with van der Waals surface area (Å²) in [4.78, 5) is 2.41. The van der Waals surface area contributed by atoms with E-state index in [0.717, 1.165) is 17.3 Å². The van der Waals surface area contributed by atoms with Crippen LogP contribution < -0.4 is 10.2 Å². The van der Waals surface area contributed by atoms with Gasteiger partial charge < -0.3 is 10.2 Å². The van der Waals surface area contributed by atoms with Gasteiger partial charge in [-0.05, 0) is 31.4 Å². The average molecular weight is 223 g/mol. The van der Waals surface area contributed by atoms with E-state index < -0.39 is 0 Å². The molecule has 1 aliphatic carbocycles. The van der Waals surface area contributed by atoms with E-state index in [1.54, 1.807) is 0 Å². The Balaban J connectivity index is 2.06. The monoisotopic (exact) mass is 222 g/mol. The summed E-state index contributed by atoms with van der Waals surface area (Å²) in [6.07, 6.45) is 3.94. The molecule has 0 radical (unpaired) electrons. The Morgan fingerprint density at radius 1 is 1.40 bits per heavy atom. The Morgan fingerprint density at radius 2 is 2.20 bits per heavy atom. The molecule has 3 heteroatoms. The number of hydrogen-bond donors (Lipinski definition) is 1. The molecule has 1 fully saturated rings. The molecule has 0 atom stereocenters. The summed E-state index contributed by atoms with van der Waals surface area (Å²) in [7, 11) is 2.19. The van der Waals surface area contributed by atoms with E-state index >= 15 is 0 Å². The molecule has 2 nitrogen and oxygen atoms in total. The van der Waals surface area contributed by atoms with Crippen LogP contribution in [-0.4, -0.2) is 19.1 Å². The quantitative estimate of drug-likeness (QED) is 0.726. The van der Waals surface area contributed by atoms with Crippen molar-refractivity contribution in [3.05, 3.63) is 23.2 Å². The molecule has 1 aromatic carbocycles. The van der Waals surface area contributed by atoms with Gasteiger partial charge in [0.15, 0.2) is 0 Å². The largest absolute Gasteiger partial charge is 0.380 e. The van der Waals surface area contributed by atoms with Gasteiger partial charge in [-0.3, -0.25) is 0 Å². The zero-order valence-electron chi connectivity index (χ0n) is 8.89. The first-order chi connectivity index (χ1) is 7.23. The number of benzene rings is 1. The van der Waals surface area contributed by atoms with Crippen LogP contribution in [0.3, 0.4) is 0 Å². The zero-order valence-corrected chi connectivity index (χ0v) is 9.64. The Bertz CT molecular complexity index is 399. The molecular weight excluding hydrogens is 208 g/mol. The Labute approximate surface area is 95.2 Å². The van der Waals surface area contributed by atoms with Crippen molar-refractivity contribution in [3.8, 4) is 0 Å². The highest BCUT2D eigenvalue weighted by Crippen LogP contribution is 2.46. The van der Waals surface area contributed by atoms with Gasteiger partial charge in [-0.15, -0.1) is 0 Å². The number of halogens is 1. The molecule has 1 spiro atoms. The second kappa shape index (κ2) is 3.05. The van der Waals surface area contributed by atoms with Gasteiger partial charge in [-0.1, -0.05) is 17.7 Å². The van der Waals surface area contributed by atoms with Gasteiger partial charge in [0.1, 0.15) is 0 Å². The lowest BCUT2D eigenvalue weighted by molar-refractivity contribution is 0.249. The third-order valence-corrected chi connectivity index (χ3v) is 4.26. The van der Waals surface area contributed by atoms with E-state index in [1.807, 2.05) is 12.1 Å². The van der Waals surface area contributed by atoms with Crippen molar-refractivity contribution >= 4 is 23.0 Å². The van der Waals surface area contributed by atoms with Gasteiger partial charge in [0, 0.05) is 13.6 Å². The molecule has 1 saturated carbocycles. The first-order valence-electron chi connectivity index (χ1n) is 5.49. The van der Waals surface area contributed by atoms with Gasteiger partial charge in [-0.2, -0.15) is 0 Å². The fourth-order valence-corrected chi connectivity index (χ4v) is 2.93. The molecule has 0 amide bonds. The van der Waals surface area contributed by atoms with Crippen LogP contribution in [-0.2, 0) is 0 Å². The average Bonchev–Trinajstić information content (AvgIpc) is 2.17. The van der Waals surface area contributed by atoms with Crippen LogP contribution in [0.5, 0.6) is 0 Å². The predicted octanol–water partition coefficient (Wildman–Crippen LogP) is 3.12. The second-order valence-electron chi connectivity index (χ2n) is 4.62. The SMILES string of the molecule is CN1c2cccc(Cl)c2NCC12CCC2. The van der Waals surface area contributed by atoms with E-state index in [2.05, 4.69) is 23.3 Å². The highest BCUT2D eigenvalue weighted by atomic mass is 35.5. The second-order valence-corrected chi connectivity index (χ2v) is 5.03. The number of nitrogens with one attached hydrogen (secondary N) is 1. The number of para-hydroxylation sites is 1. The smallest absolute Gasteiger partial charge is 0.0768 e. The molecule has 80 valence electrons. The number of nitrogens with zero attached hydrogens (tertiary/aromatic N) is 1. The maximum atomic E-state index is 6.17. The van der Waals surface area contributed by atoms with Crippen molar-refractivity contribution in [1.82, 2.24) is 0 Å². The van der Waals surface area contributed by atoms with Crippen LogP contribution in [0.1, 0.15) is 19.3 Å². The van der Waals surface area contributed by atoms with Crippen LogP contribution in [0.25, 0.3) is 0 Å². The fourth-order valence-electron chi connectivity index (χ4n) is 2.69. The van der Waals surface area contributed by atoms with Gasteiger partial charge in [0.25, 0.3) is 0 Å². The number of anilines is 2. The van der Waals surface area contributed by atoms with Gasteiger partial charge >= 0.3 is 0 Å². The summed E-state index contributed by atoms with van der Waals surface area (Å²) in [6, 6.07) is 6.12. The van der Waals surface area contributed by atoms with Crippen LogP contribution in [0.15, 0.2) is 18.2 Å². The summed E-state index contributed by atoms with van der Waals surface area (Å²) < 4.78 is 0. The Hall–Kier alpha value is -0.890. The van der Waals surface area contributed by atoms with Crippen LogP contribution in [0, 0.1) is 0 Å². The lowest BCUT2D eigenvalue weighted by Gasteiger charge is -2.53. The van der Waals surface area contributed by atoms with Crippen LogP contribution in [0.4, 0.5) is 11.4 Å². The molecule has 15 heavy (non-hydrogen) atoms. The molecule has 2 aliphatic rings. The van der Waals surface area contributed by atoms with Crippen molar-refractivity contribution in [1.29, 1.82) is 0 Å². The van der Waals surface area contributed by atoms with Gasteiger partial charge in [-0.25, -0.2) is 0 Å². The van der Waals surface area contributed by atoms with E-state index in [4.69, 9.17) is 11.6 Å². The van der Waals surface area contributed by atoms with E-state index in [1.165, 1.54) is 24.9 Å². The summed E-state index contributed by atoms with van der Waals surface area (Å²) in [5, 5.41) is 4.31. The molecule has 0 unspecified atom stereocenters. The number of fused-ring (bicyclic) bond motifs is 1. The zero-order chi connectivity index (χ0) is 10.5. The number of likely N-dealkylation sites (N-methyl/N-ethyl adjacent to an activating group) is 1. The normalized spacial score (nSPS) is 21.9. The first kappa shape index (κ1) is 9.34. The van der Waals surface area contributed by atoms with Crippen molar-refractivity contribution in [2.45, 2.75) is 24.8 Å². The molecular formula is C12H15ClN2. The standard InChI is InChI=1S/C12H15ClN2/c1-15-10-5-2-4-9(13)11(10)14-8-12(15)6-3-7-12/h2,4-5,14H,3,6-8H2,1H3. The third-order valence-electron chi connectivity index (χ3n) is 3.94. The molecule has 0 saturated heterocycles. The topological polar surface area (TPSA) is 15.3 Å². The summed E-state index contributed by atoms with van der Waals surface area (Å²) >= 11 is 6.17. The molecule has 0 aromatic heterocycles. The number of rotatable bonds is 0. The van der Waals surface area contributed by atoms with Gasteiger partial charge in [0.2, 0.25) is 0 Å². The highest BCUT2D eigenvalue weighted by Gasteiger charge is 2.43. The summed E-state index contributed by atoms with van der Waals surface area (Å²) in [5.74, 6) is 0. The Morgan fingerprint density at radius 3 is 2.87 bits per heavy atom. The molecule has 1 heterocycles. The lowest BCUT2D eigenvalue weighted by Crippen LogP contribution is -2.59. The minimum Gasteiger partial charge on any atom is -0.380 e. The van der Waals surface area contributed by atoms with Crippen molar-refractivity contribution < 1.29 is 0 Å². The van der Waals surface area contributed by atoms with Gasteiger partial charge in [0.05, 0.1) is 21.9 Å². The van der Waals surface area contributed by atoms with E-state index in [0.29, 0.717) is 5.54 Å². The molecule has 1 N–H and O–H groups in total. The highest BCUT2D eigenvalue weighted by molar-refractivity contribution is 6.34. The maximum absolute atomic E-state index is 6.17. The van der Waals surface area contributed by atoms with E-state index in [-0.39, 0.29) is 0 Å². The number of hydrogen-bond acceptors (Lipinski definition) is 2. The van der Waals surface area contributed by atoms with Crippen LogP contribution >= 0.6 is 11.6 Å². The predicted molar refractivity (Wildman–Crippen MR) is 64.9 cm³/mol. The minimum atomic E-state index is 0.359.